The van der Waals surface area contributed by atoms with E-state index in [1.807, 2.05) is 36.4 Å². The Morgan fingerprint density at radius 2 is 0.867 bits per heavy atom. The van der Waals surface area contributed by atoms with Crippen molar-refractivity contribution in [1.29, 1.82) is 0 Å². The fourth-order valence-corrected chi connectivity index (χ4v) is 4.99. The summed E-state index contributed by atoms with van der Waals surface area (Å²) < 4.78 is 13.7. The molecule has 0 radical (unpaired) electrons. The molecule has 4 aromatic carbocycles. The Kier molecular flexibility index (Phi) is 4.12. The Morgan fingerprint density at radius 3 is 1.27 bits per heavy atom. The molecule has 6 aromatic rings. The van der Waals surface area contributed by atoms with Crippen molar-refractivity contribution in [3.05, 3.63) is 94.3 Å². The average molecular weight is 518 g/mol. The second kappa shape index (κ2) is 6.86. The second-order valence-corrected chi connectivity index (χ2v) is 8.83. The van der Waals surface area contributed by atoms with Crippen LogP contribution in [0.5, 0.6) is 0 Å². The van der Waals surface area contributed by atoms with Gasteiger partial charge in [-0.15, -0.1) is 0 Å². The van der Waals surface area contributed by atoms with Crippen LogP contribution < -0.4 is 0 Å². The van der Waals surface area contributed by atoms with Gasteiger partial charge in [-0.25, -0.2) is 0 Å². The molecule has 0 saturated heterocycles. The molecule has 144 valence electrons. The molecule has 2 aromatic heterocycles. The van der Waals surface area contributed by atoms with E-state index in [1.54, 1.807) is 0 Å². The van der Waals surface area contributed by atoms with Crippen LogP contribution in [0, 0.1) is 0 Å². The minimum Gasteiger partial charge on any atom is -0.449 e. The Bertz CT molecular complexity index is 1430. The molecule has 0 aliphatic rings. The van der Waals surface area contributed by atoms with E-state index in [-0.39, 0.29) is 0 Å². The highest BCUT2D eigenvalue weighted by Crippen LogP contribution is 2.44. The van der Waals surface area contributed by atoms with Gasteiger partial charge in [-0.1, -0.05) is 60.7 Å². The Balaban J connectivity index is 1.81. The van der Waals surface area contributed by atoms with E-state index in [9.17, 15) is 0 Å². The van der Waals surface area contributed by atoms with Gasteiger partial charge in [0, 0.05) is 21.9 Å². The zero-order chi connectivity index (χ0) is 20.2. The third kappa shape index (κ3) is 2.75. The highest BCUT2D eigenvalue weighted by Gasteiger charge is 2.19. The van der Waals surface area contributed by atoms with Crippen molar-refractivity contribution >= 4 is 64.6 Å². The fourth-order valence-electron chi connectivity index (χ4n) is 4.21. The first kappa shape index (κ1) is 18.0. The monoisotopic (exact) mass is 516 g/mol. The zero-order valence-electron chi connectivity index (χ0n) is 15.7. The smallest absolute Gasteiger partial charge is 0.170 e. The van der Waals surface area contributed by atoms with Crippen LogP contribution in [0.15, 0.2) is 103 Å². The standard InChI is InChI=1S/C26H14Br2O2/c27-23-13-21-20-12-18(16-9-5-2-6-10-16)26-22(14-24(28)30-26)19(20)11-17(25(21)29-23)15-7-3-1-4-8-15/h1-14H. The number of furan rings is 2. The van der Waals surface area contributed by atoms with E-state index in [2.05, 4.69) is 80.4 Å². The molecular formula is C26H14Br2O2. The summed E-state index contributed by atoms with van der Waals surface area (Å²) in [6.07, 6.45) is 0. The summed E-state index contributed by atoms with van der Waals surface area (Å²) in [5, 5.41) is 4.43. The Morgan fingerprint density at radius 1 is 0.467 bits per heavy atom. The molecule has 0 saturated carbocycles. The third-order valence-electron chi connectivity index (χ3n) is 5.51. The number of benzene rings is 4. The summed E-state index contributed by atoms with van der Waals surface area (Å²) >= 11 is 7.08. The first-order valence-corrected chi connectivity index (χ1v) is 11.2. The van der Waals surface area contributed by atoms with Crippen molar-refractivity contribution < 1.29 is 8.83 Å². The van der Waals surface area contributed by atoms with Gasteiger partial charge in [-0.05, 0) is 78.0 Å². The van der Waals surface area contributed by atoms with Crippen LogP contribution in [0.1, 0.15) is 0 Å². The van der Waals surface area contributed by atoms with Crippen molar-refractivity contribution in [2.45, 2.75) is 0 Å². The lowest BCUT2D eigenvalue weighted by molar-refractivity contribution is 0.588. The van der Waals surface area contributed by atoms with E-state index < -0.39 is 0 Å². The molecule has 0 bridgehead atoms. The lowest BCUT2D eigenvalue weighted by Gasteiger charge is -2.10. The molecular weight excluding hydrogens is 504 g/mol. The van der Waals surface area contributed by atoms with Crippen LogP contribution in [-0.2, 0) is 0 Å². The number of halogens is 2. The van der Waals surface area contributed by atoms with Crippen LogP contribution in [0.3, 0.4) is 0 Å². The largest absolute Gasteiger partial charge is 0.449 e. The predicted molar refractivity (Wildman–Crippen MR) is 130 cm³/mol. The Labute approximate surface area is 189 Å². The number of rotatable bonds is 2. The van der Waals surface area contributed by atoms with Crippen molar-refractivity contribution in [2.24, 2.45) is 0 Å². The summed E-state index contributed by atoms with van der Waals surface area (Å²) in [5.41, 5.74) is 6.12. The van der Waals surface area contributed by atoms with E-state index in [0.29, 0.717) is 0 Å². The predicted octanol–water partition coefficient (Wildman–Crippen LogP) is 9.19. The summed E-state index contributed by atoms with van der Waals surface area (Å²) in [5.74, 6) is 0. The van der Waals surface area contributed by atoms with Gasteiger partial charge in [0.05, 0.1) is 0 Å². The molecule has 6 rings (SSSR count). The molecule has 0 amide bonds. The minimum atomic E-state index is 0.719. The van der Waals surface area contributed by atoms with Crippen molar-refractivity contribution in [1.82, 2.24) is 0 Å². The fraction of sp³-hybridized carbons (Fsp3) is 0. The first-order chi connectivity index (χ1) is 14.7. The molecule has 0 spiro atoms. The van der Waals surface area contributed by atoms with Gasteiger partial charge >= 0.3 is 0 Å². The SMILES string of the molecule is Brc1cc2c(o1)c(-c1ccccc1)cc1c3cc(Br)oc3c(-c3ccccc3)cc21. The van der Waals surface area contributed by atoms with Crippen molar-refractivity contribution in [2.75, 3.05) is 0 Å². The summed E-state index contributed by atoms with van der Waals surface area (Å²) in [6.45, 7) is 0. The highest BCUT2D eigenvalue weighted by molar-refractivity contribution is 9.10. The van der Waals surface area contributed by atoms with Crippen molar-refractivity contribution in [3.63, 3.8) is 0 Å². The van der Waals surface area contributed by atoms with E-state index in [4.69, 9.17) is 8.83 Å². The average Bonchev–Trinajstić information content (AvgIpc) is 3.36. The number of hydrogen-bond donors (Lipinski definition) is 0. The molecule has 0 aliphatic carbocycles. The second-order valence-electron chi connectivity index (χ2n) is 7.26. The quantitative estimate of drug-likeness (QED) is 0.229. The zero-order valence-corrected chi connectivity index (χ0v) is 18.8. The molecule has 2 nitrogen and oxygen atoms in total. The molecule has 0 aliphatic heterocycles. The van der Waals surface area contributed by atoms with Crippen LogP contribution in [0.4, 0.5) is 0 Å². The van der Waals surface area contributed by atoms with Crippen molar-refractivity contribution in [3.8, 4) is 22.3 Å². The van der Waals surface area contributed by atoms with Crippen LogP contribution in [0.25, 0.3) is 55.0 Å². The van der Waals surface area contributed by atoms with Gasteiger partial charge in [0.2, 0.25) is 0 Å². The topological polar surface area (TPSA) is 26.3 Å². The van der Waals surface area contributed by atoms with Crippen LogP contribution in [0.2, 0.25) is 0 Å². The lowest BCUT2D eigenvalue weighted by Crippen LogP contribution is -1.85. The van der Waals surface area contributed by atoms with Crippen LogP contribution >= 0.6 is 31.9 Å². The van der Waals surface area contributed by atoms with Gasteiger partial charge in [-0.3, -0.25) is 0 Å². The van der Waals surface area contributed by atoms with Gasteiger partial charge in [-0.2, -0.15) is 0 Å². The summed E-state index contributed by atoms with van der Waals surface area (Å²) in [4.78, 5) is 0. The van der Waals surface area contributed by atoms with E-state index in [1.165, 1.54) is 0 Å². The van der Waals surface area contributed by atoms with E-state index >= 15 is 0 Å². The molecule has 0 unspecified atom stereocenters. The normalized spacial score (nSPS) is 11.7. The van der Waals surface area contributed by atoms with Gasteiger partial charge in [0.25, 0.3) is 0 Å². The summed E-state index contributed by atoms with van der Waals surface area (Å²) in [7, 11) is 0. The maximum atomic E-state index is 6.11. The summed E-state index contributed by atoms with van der Waals surface area (Å²) in [6, 6.07) is 29.2. The molecule has 30 heavy (non-hydrogen) atoms. The number of hydrogen-bond acceptors (Lipinski definition) is 2. The third-order valence-corrected chi connectivity index (χ3v) is 6.29. The molecule has 0 atom stereocenters. The maximum absolute atomic E-state index is 6.11. The van der Waals surface area contributed by atoms with E-state index in [0.717, 1.165) is 64.3 Å². The van der Waals surface area contributed by atoms with Crippen LogP contribution in [-0.4, -0.2) is 0 Å². The maximum Gasteiger partial charge on any atom is 0.170 e. The Hall–Kier alpha value is -2.82. The van der Waals surface area contributed by atoms with Gasteiger partial charge < -0.3 is 8.83 Å². The molecule has 4 heteroatoms. The lowest BCUT2D eigenvalue weighted by atomic mass is 9.93. The molecule has 2 heterocycles. The van der Waals surface area contributed by atoms with Gasteiger partial charge in [0.1, 0.15) is 11.2 Å². The first-order valence-electron chi connectivity index (χ1n) is 9.58. The van der Waals surface area contributed by atoms with Gasteiger partial charge in [0.15, 0.2) is 9.34 Å². The minimum absolute atomic E-state index is 0.719. The molecule has 0 fully saturated rings. The molecule has 0 N–H and O–H groups in total. The number of fused-ring (bicyclic) bond motifs is 5. The highest BCUT2D eigenvalue weighted by atomic mass is 79.9.